The molecule has 6 heteroatoms. The third-order valence-electron chi connectivity index (χ3n) is 4.44. The van der Waals surface area contributed by atoms with Crippen molar-refractivity contribution in [2.24, 2.45) is 0 Å². The lowest BCUT2D eigenvalue weighted by Crippen LogP contribution is -2.29. The first-order valence-corrected chi connectivity index (χ1v) is 9.66. The number of nitrogens with one attached hydrogen (secondary N) is 1. The first-order valence-electron chi connectivity index (χ1n) is 8.84. The van der Waals surface area contributed by atoms with E-state index in [9.17, 15) is 9.59 Å². The second kappa shape index (κ2) is 8.36. The van der Waals surface area contributed by atoms with Gasteiger partial charge in [0.05, 0.1) is 7.11 Å². The fraction of sp³-hybridized carbons (Fsp3) is 0.400. The minimum atomic E-state index is -0.879. The number of esters is 1. The normalized spacial score (nSPS) is 14.7. The van der Waals surface area contributed by atoms with Gasteiger partial charge in [0.25, 0.3) is 5.91 Å². The highest BCUT2D eigenvalue weighted by Gasteiger charge is 2.22. The topological polar surface area (TPSA) is 64.6 Å². The maximum Gasteiger partial charge on any atom is 0.349 e. The Morgan fingerprint density at radius 3 is 2.77 bits per heavy atom. The van der Waals surface area contributed by atoms with E-state index in [0.29, 0.717) is 16.3 Å². The smallest absolute Gasteiger partial charge is 0.349 e. The lowest BCUT2D eigenvalue weighted by Gasteiger charge is -2.13. The molecule has 0 fully saturated rings. The summed E-state index contributed by atoms with van der Waals surface area (Å²) in [6.07, 6.45) is 4.74. The molecule has 1 aliphatic carbocycles. The summed E-state index contributed by atoms with van der Waals surface area (Å²) in [5.74, 6) is -0.159. The van der Waals surface area contributed by atoms with Crippen molar-refractivity contribution >= 4 is 28.9 Å². The zero-order valence-corrected chi connectivity index (χ0v) is 15.9. The van der Waals surface area contributed by atoms with Crippen molar-refractivity contribution < 1.29 is 19.1 Å². The minimum absolute atomic E-state index is 0.371. The van der Waals surface area contributed by atoms with Crippen molar-refractivity contribution in [3.05, 3.63) is 45.6 Å². The van der Waals surface area contributed by atoms with E-state index in [1.807, 2.05) is 6.07 Å². The summed E-state index contributed by atoms with van der Waals surface area (Å²) in [5, 5.41) is 2.74. The van der Waals surface area contributed by atoms with Gasteiger partial charge >= 0.3 is 5.97 Å². The van der Waals surface area contributed by atoms with E-state index in [-0.39, 0.29) is 5.91 Å². The predicted molar refractivity (Wildman–Crippen MR) is 102 cm³/mol. The van der Waals surface area contributed by atoms with E-state index in [1.54, 1.807) is 38.3 Å². The van der Waals surface area contributed by atoms with E-state index in [1.165, 1.54) is 34.6 Å². The molecule has 0 spiro atoms. The number of ether oxygens (including phenoxy) is 2. The Labute approximate surface area is 157 Å². The molecular weight excluding hydrogens is 350 g/mol. The van der Waals surface area contributed by atoms with Gasteiger partial charge in [-0.05, 0) is 56.4 Å². The molecule has 1 aliphatic rings. The summed E-state index contributed by atoms with van der Waals surface area (Å²) in [7, 11) is 1.56. The first kappa shape index (κ1) is 18.5. The number of hydrogen-bond acceptors (Lipinski definition) is 5. The molecule has 0 bridgehead atoms. The van der Waals surface area contributed by atoms with Crippen LogP contribution in [0.2, 0.25) is 0 Å². The van der Waals surface area contributed by atoms with E-state index in [4.69, 9.17) is 9.47 Å². The Hall–Kier alpha value is -2.34. The summed E-state index contributed by atoms with van der Waals surface area (Å²) in [4.78, 5) is 26.6. The zero-order chi connectivity index (χ0) is 18.5. The van der Waals surface area contributed by atoms with Gasteiger partial charge in [0.2, 0.25) is 0 Å². The van der Waals surface area contributed by atoms with Gasteiger partial charge in [-0.1, -0.05) is 12.5 Å². The van der Waals surface area contributed by atoms with Crippen LogP contribution < -0.4 is 10.1 Å². The second-order valence-electron chi connectivity index (χ2n) is 6.39. The number of carbonyl (C=O) groups is 2. The number of rotatable bonds is 5. The van der Waals surface area contributed by atoms with Crippen LogP contribution in [0.25, 0.3) is 0 Å². The van der Waals surface area contributed by atoms with Crippen molar-refractivity contribution in [3.8, 4) is 5.75 Å². The Morgan fingerprint density at radius 2 is 1.96 bits per heavy atom. The quantitative estimate of drug-likeness (QED) is 0.630. The molecule has 0 saturated heterocycles. The third-order valence-corrected chi connectivity index (χ3v) is 5.66. The van der Waals surface area contributed by atoms with Crippen LogP contribution in [0, 0.1) is 0 Å². The molecule has 1 N–H and O–H groups in total. The first-order chi connectivity index (χ1) is 12.6. The Balaban J connectivity index is 1.60. The van der Waals surface area contributed by atoms with Gasteiger partial charge in [-0.3, -0.25) is 4.79 Å². The Bertz CT molecular complexity index is 775. The largest absolute Gasteiger partial charge is 0.497 e. The standard InChI is InChI=1S/C20H23NO4S/c1-13(19(22)21-15-8-6-9-16(12-15)24-2)25-20(23)18-11-14-7-4-3-5-10-17(14)26-18/h6,8-9,11-13H,3-5,7,10H2,1-2H3,(H,21,22)/t13-/m0/s1. The van der Waals surface area contributed by atoms with Crippen molar-refractivity contribution in [2.45, 2.75) is 45.1 Å². The summed E-state index contributed by atoms with van der Waals surface area (Å²) in [5.41, 5.74) is 1.85. The minimum Gasteiger partial charge on any atom is -0.497 e. The van der Waals surface area contributed by atoms with Crippen LogP contribution in [-0.2, 0) is 22.4 Å². The number of carbonyl (C=O) groups excluding carboxylic acids is 2. The van der Waals surface area contributed by atoms with Crippen LogP contribution in [0.4, 0.5) is 5.69 Å². The van der Waals surface area contributed by atoms with Crippen molar-refractivity contribution in [1.29, 1.82) is 0 Å². The lowest BCUT2D eigenvalue weighted by molar-refractivity contribution is -0.123. The van der Waals surface area contributed by atoms with Gasteiger partial charge in [0.1, 0.15) is 10.6 Å². The van der Waals surface area contributed by atoms with Gasteiger partial charge in [0, 0.05) is 16.6 Å². The van der Waals surface area contributed by atoms with Gasteiger partial charge in [-0.15, -0.1) is 11.3 Å². The number of hydrogen-bond donors (Lipinski definition) is 1. The number of anilines is 1. The number of thiophene rings is 1. The number of amides is 1. The van der Waals surface area contributed by atoms with Crippen LogP contribution in [0.15, 0.2) is 30.3 Å². The fourth-order valence-electron chi connectivity index (χ4n) is 2.98. The van der Waals surface area contributed by atoms with Crippen LogP contribution in [0.5, 0.6) is 5.75 Å². The molecule has 1 aromatic heterocycles. The van der Waals surface area contributed by atoms with E-state index in [0.717, 1.165) is 19.3 Å². The molecule has 3 rings (SSSR count). The highest BCUT2D eigenvalue weighted by Crippen LogP contribution is 2.29. The summed E-state index contributed by atoms with van der Waals surface area (Å²) < 4.78 is 10.5. The number of benzene rings is 1. The van der Waals surface area contributed by atoms with Gasteiger partial charge in [-0.25, -0.2) is 4.79 Å². The molecule has 0 radical (unpaired) electrons. The lowest BCUT2D eigenvalue weighted by atomic mass is 10.1. The molecule has 0 unspecified atom stereocenters. The molecule has 1 aromatic carbocycles. The van der Waals surface area contributed by atoms with E-state index < -0.39 is 12.1 Å². The number of aryl methyl sites for hydroxylation is 2. The van der Waals surface area contributed by atoms with Gasteiger partial charge < -0.3 is 14.8 Å². The van der Waals surface area contributed by atoms with Gasteiger partial charge in [-0.2, -0.15) is 0 Å². The molecule has 5 nitrogen and oxygen atoms in total. The molecule has 0 aliphatic heterocycles. The molecule has 138 valence electrons. The monoisotopic (exact) mass is 373 g/mol. The van der Waals surface area contributed by atoms with Crippen LogP contribution in [0.1, 0.15) is 46.3 Å². The molecule has 1 heterocycles. The van der Waals surface area contributed by atoms with E-state index >= 15 is 0 Å². The van der Waals surface area contributed by atoms with Gasteiger partial charge in [0.15, 0.2) is 6.10 Å². The second-order valence-corrected chi connectivity index (χ2v) is 7.53. The summed E-state index contributed by atoms with van der Waals surface area (Å²) >= 11 is 1.50. The average molecular weight is 373 g/mol. The van der Waals surface area contributed by atoms with Crippen molar-refractivity contribution in [3.63, 3.8) is 0 Å². The van der Waals surface area contributed by atoms with Crippen molar-refractivity contribution in [1.82, 2.24) is 0 Å². The number of fused-ring (bicyclic) bond motifs is 1. The fourth-order valence-corrected chi connectivity index (χ4v) is 4.12. The number of methoxy groups -OCH3 is 1. The molecule has 1 atom stereocenters. The highest BCUT2D eigenvalue weighted by molar-refractivity contribution is 7.14. The molecule has 1 amide bonds. The third kappa shape index (κ3) is 4.43. The summed E-state index contributed by atoms with van der Waals surface area (Å²) in [6.45, 7) is 1.58. The van der Waals surface area contributed by atoms with Crippen molar-refractivity contribution in [2.75, 3.05) is 12.4 Å². The molecule has 26 heavy (non-hydrogen) atoms. The molecule has 2 aromatic rings. The zero-order valence-electron chi connectivity index (χ0n) is 15.0. The molecule has 0 saturated carbocycles. The van der Waals surface area contributed by atoms with Crippen LogP contribution in [0.3, 0.4) is 0 Å². The average Bonchev–Trinajstić information content (AvgIpc) is 2.92. The van der Waals surface area contributed by atoms with Crippen LogP contribution >= 0.6 is 11.3 Å². The maximum atomic E-state index is 12.4. The maximum absolute atomic E-state index is 12.4. The predicted octanol–water partition coefficient (Wildman–Crippen LogP) is 4.21. The Morgan fingerprint density at radius 1 is 1.15 bits per heavy atom. The van der Waals surface area contributed by atoms with E-state index in [2.05, 4.69) is 5.32 Å². The summed E-state index contributed by atoms with van der Waals surface area (Å²) in [6, 6.07) is 8.97. The highest BCUT2D eigenvalue weighted by atomic mass is 32.1. The van der Waals surface area contributed by atoms with Crippen LogP contribution in [-0.4, -0.2) is 25.1 Å². The SMILES string of the molecule is COc1cccc(NC(=O)[C@H](C)OC(=O)c2cc3c(s2)CCCCC3)c1. The Kier molecular flexibility index (Phi) is 5.93. The molecular formula is C20H23NO4S.